The first-order valence-corrected chi connectivity index (χ1v) is 9.87. The van der Waals surface area contributed by atoms with E-state index < -0.39 is 11.7 Å². The zero-order valence-electron chi connectivity index (χ0n) is 16.6. The predicted molar refractivity (Wildman–Crippen MR) is 111 cm³/mol. The standard InChI is InChI=1S/C23H16F3N5O/c24-23(25,26)15-7-5-14(6-8-15)16-3-1-2-4-17(16)21-27-10-9-18(29-21)19-13-20-22(32)28-11-12-31(20)30-19/h1-10,13H,11-12H2,(H,28,32). The third-order valence-corrected chi connectivity index (χ3v) is 5.23. The van der Waals surface area contributed by atoms with Gasteiger partial charge in [-0.3, -0.25) is 9.48 Å². The molecule has 1 aliphatic rings. The molecule has 1 amide bonds. The maximum absolute atomic E-state index is 12.9. The van der Waals surface area contributed by atoms with Gasteiger partial charge in [-0.25, -0.2) is 9.97 Å². The van der Waals surface area contributed by atoms with Gasteiger partial charge in [-0.2, -0.15) is 18.3 Å². The molecule has 0 spiro atoms. The van der Waals surface area contributed by atoms with Crippen LogP contribution in [0.15, 0.2) is 66.9 Å². The van der Waals surface area contributed by atoms with E-state index in [-0.39, 0.29) is 5.91 Å². The normalized spacial score (nSPS) is 13.5. The van der Waals surface area contributed by atoms with Crippen LogP contribution >= 0.6 is 0 Å². The molecule has 0 saturated carbocycles. The van der Waals surface area contributed by atoms with Gasteiger partial charge in [-0.05, 0) is 35.4 Å². The fourth-order valence-electron chi connectivity index (χ4n) is 3.66. The van der Waals surface area contributed by atoms with Crippen molar-refractivity contribution in [1.82, 2.24) is 25.1 Å². The van der Waals surface area contributed by atoms with Gasteiger partial charge in [-0.1, -0.05) is 36.4 Å². The number of carbonyl (C=O) groups is 1. The summed E-state index contributed by atoms with van der Waals surface area (Å²) in [6.45, 7) is 1.10. The molecule has 0 fully saturated rings. The number of fused-ring (bicyclic) bond motifs is 1. The van der Waals surface area contributed by atoms with Gasteiger partial charge < -0.3 is 5.32 Å². The molecule has 1 aliphatic heterocycles. The van der Waals surface area contributed by atoms with Gasteiger partial charge in [0, 0.05) is 18.3 Å². The van der Waals surface area contributed by atoms with E-state index in [1.165, 1.54) is 12.1 Å². The average molecular weight is 435 g/mol. The number of carbonyl (C=O) groups excluding carboxylic acids is 1. The van der Waals surface area contributed by atoms with Crippen molar-refractivity contribution in [1.29, 1.82) is 0 Å². The predicted octanol–water partition coefficient (Wildman–Crippen LogP) is 4.44. The molecule has 160 valence electrons. The van der Waals surface area contributed by atoms with Crippen LogP contribution in [0.5, 0.6) is 0 Å². The molecule has 3 heterocycles. The molecule has 5 rings (SSSR count). The van der Waals surface area contributed by atoms with Crippen molar-refractivity contribution < 1.29 is 18.0 Å². The molecule has 6 nitrogen and oxygen atoms in total. The Hall–Kier alpha value is -4.01. The molecular formula is C23H16F3N5O. The first-order chi connectivity index (χ1) is 15.4. The van der Waals surface area contributed by atoms with Crippen LogP contribution in [0.1, 0.15) is 16.1 Å². The molecule has 32 heavy (non-hydrogen) atoms. The number of amides is 1. The summed E-state index contributed by atoms with van der Waals surface area (Å²) in [4.78, 5) is 21.0. The minimum absolute atomic E-state index is 0.183. The zero-order chi connectivity index (χ0) is 22.3. The average Bonchev–Trinajstić information content (AvgIpc) is 3.25. The number of alkyl halides is 3. The molecule has 0 saturated heterocycles. The van der Waals surface area contributed by atoms with Gasteiger partial charge in [0.25, 0.3) is 5.91 Å². The van der Waals surface area contributed by atoms with Crippen LogP contribution in [0.4, 0.5) is 13.2 Å². The molecule has 0 bridgehead atoms. The molecular weight excluding hydrogens is 419 g/mol. The summed E-state index contributed by atoms with van der Waals surface area (Å²) in [5.41, 5.74) is 2.87. The number of nitrogens with one attached hydrogen (secondary N) is 1. The van der Waals surface area contributed by atoms with Gasteiger partial charge >= 0.3 is 6.18 Å². The van der Waals surface area contributed by atoms with E-state index in [1.807, 2.05) is 24.3 Å². The SMILES string of the molecule is O=C1NCCn2nc(-c3ccnc(-c4ccccc4-c4ccc(C(F)(F)F)cc4)n3)cc21. The fourth-order valence-corrected chi connectivity index (χ4v) is 3.66. The lowest BCUT2D eigenvalue weighted by atomic mass is 9.98. The van der Waals surface area contributed by atoms with Crippen LogP contribution in [0.25, 0.3) is 33.9 Å². The van der Waals surface area contributed by atoms with Gasteiger partial charge in [0.1, 0.15) is 11.4 Å². The second-order valence-electron chi connectivity index (χ2n) is 7.28. The Balaban J connectivity index is 1.54. The number of benzene rings is 2. The third-order valence-electron chi connectivity index (χ3n) is 5.23. The lowest BCUT2D eigenvalue weighted by Crippen LogP contribution is -2.35. The van der Waals surface area contributed by atoms with Gasteiger partial charge in [0.15, 0.2) is 5.82 Å². The number of rotatable bonds is 3. The monoisotopic (exact) mass is 435 g/mol. The van der Waals surface area contributed by atoms with Crippen molar-refractivity contribution in [2.24, 2.45) is 0 Å². The van der Waals surface area contributed by atoms with E-state index in [2.05, 4.69) is 20.4 Å². The highest BCUT2D eigenvalue weighted by molar-refractivity contribution is 5.94. The summed E-state index contributed by atoms with van der Waals surface area (Å²) in [5.74, 6) is 0.227. The van der Waals surface area contributed by atoms with E-state index >= 15 is 0 Å². The van der Waals surface area contributed by atoms with Crippen molar-refractivity contribution in [3.8, 4) is 33.9 Å². The summed E-state index contributed by atoms with van der Waals surface area (Å²) < 4.78 is 40.4. The molecule has 0 unspecified atom stereocenters. The second-order valence-corrected chi connectivity index (χ2v) is 7.28. The Labute approximate surface area is 180 Å². The quantitative estimate of drug-likeness (QED) is 0.517. The molecule has 1 N–H and O–H groups in total. The number of hydrogen-bond acceptors (Lipinski definition) is 4. The lowest BCUT2D eigenvalue weighted by Gasteiger charge is -2.13. The zero-order valence-corrected chi connectivity index (χ0v) is 16.6. The van der Waals surface area contributed by atoms with Crippen molar-refractivity contribution in [3.63, 3.8) is 0 Å². The van der Waals surface area contributed by atoms with E-state index in [4.69, 9.17) is 0 Å². The third kappa shape index (κ3) is 3.62. The Morgan fingerprint density at radius 2 is 1.69 bits per heavy atom. The van der Waals surface area contributed by atoms with Crippen molar-refractivity contribution in [2.75, 3.05) is 6.54 Å². The summed E-state index contributed by atoms with van der Waals surface area (Å²) in [5, 5.41) is 7.25. The maximum atomic E-state index is 12.9. The highest BCUT2D eigenvalue weighted by atomic mass is 19.4. The smallest absolute Gasteiger partial charge is 0.349 e. The molecule has 0 atom stereocenters. The van der Waals surface area contributed by atoms with Gasteiger partial charge in [0.2, 0.25) is 0 Å². The van der Waals surface area contributed by atoms with Crippen LogP contribution in [0.2, 0.25) is 0 Å². The molecule has 0 radical (unpaired) electrons. The largest absolute Gasteiger partial charge is 0.416 e. The first-order valence-electron chi connectivity index (χ1n) is 9.87. The van der Waals surface area contributed by atoms with Crippen molar-refractivity contribution in [2.45, 2.75) is 12.7 Å². The number of halogens is 3. The van der Waals surface area contributed by atoms with Crippen LogP contribution in [0.3, 0.4) is 0 Å². The number of aromatic nitrogens is 4. The summed E-state index contributed by atoms with van der Waals surface area (Å²) in [6, 6.07) is 15.6. The summed E-state index contributed by atoms with van der Waals surface area (Å²) >= 11 is 0. The Morgan fingerprint density at radius 1 is 0.938 bits per heavy atom. The summed E-state index contributed by atoms with van der Waals surface area (Å²) in [6.07, 6.45) is -2.80. The van der Waals surface area contributed by atoms with E-state index in [0.29, 0.717) is 52.7 Å². The first kappa shape index (κ1) is 19.9. The minimum Gasteiger partial charge on any atom is -0.349 e. The van der Waals surface area contributed by atoms with Gasteiger partial charge in [-0.15, -0.1) is 0 Å². The highest BCUT2D eigenvalue weighted by Gasteiger charge is 2.30. The Bertz CT molecular complexity index is 1310. The van der Waals surface area contributed by atoms with E-state index in [9.17, 15) is 18.0 Å². The number of nitrogens with zero attached hydrogens (tertiary/aromatic N) is 4. The van der Waals surface area contributed by atoms with E-state index in [1.54, 1.807) is 23.0 Å². The molecule has 2 aromatic heterocycles. The lowest BCUT2D eigenvalue weighted by molar-refractivity contribution is -0.137. The molecule has 2 aromatic carbocycles. The van der Waals surface area contributed by atoms with Crippen LogP contribution in [-0.4, -0.2) is 32.2 Å². The molecule has 9 heteroatoms. The summed E-state index contributed by atoms with van der Waals surface area (Å²) in [7, 11) is 0. The van der Waals surface area contributed by atoms with Crippen molar-refractivity contribution >= 4 is 5.91 Å². The topological polar surface area (TPSA) is 72.7 Å². The highest BCUT2D eigenvalue weighted by Crippen LogP contribution is 2.34. The number of hydrogen-bond donors (Lipinski definition) is 1. The molecule has 4 aromatic rings. The minimum atomic E-state index is -4.39. The van der Waals surface area contributed by atoms with Crippen molar-refractivity contribution in [3.05, 3.63) is 78.1 Å². The molecule has 0 aliphatic carbocycles. The van der Waals surface area contributed by atoms with E-state index in [0.717, 1.165) is 12.1 Å². The fraction of sp³-hybridized carbons (Fsp3) is 0.130. The van der Waals surface area contributed by atoms with Crippen LogP contribution in [-0.2, 0) is 12.7 Å². The Kier molecular flexibility index (Phi) is 4.73. The second kappa shape index (κ2) is 7.60. The van der Waals surface area contributed by atoms with Crippen LogP contribution < -0.4 is 5.32 Å². The Morgan fingerprint density at radius 3 is 2.41 bits per heavy atom. The maximum Gasteiger partial charge on any atom is 0.416 e. The van der Waals surface area contributed by atoms with Crippen LogP contribution in [0, 0.1) is 0 Å². The van der Waals surface area contributed by atoms with Gasteiger partial charge in [0.05, 0.1) is 17.8 Å².